The number of carbonyl (C=O) groups excluding carboxylic acids is 1. The number of fused-ring (bicyclic) bond motifs is 2. The first-order valence-electron chi connectivity index (χ1n) is 8.19. The monoisotopic (exact) mass is 311 g/mol. The van der Waals surface area contributed by atoms with Crippen molar-refractivity contribution < 1.29 is 9.53 Å². The number of rotatable bonds is 2. The van der Waals surface area contributed by atoms with Crippen molar-refractivity contribution in [3.8, 4) is 5.75 Å². The normalized spacial score (nSPS) is 29.2. The van der Waals surface area contributed by atoms with E-state index < -0.39 is 0 Å². The molecule has 1 fully saturated rings. The molecule has 0 aliphatic carbocycles. The fourth-order valence-electron chi connectivity index (χ4n) is 3.54. The van der Waals surface area contributed by atoms with Crippen LogP contribution < -0.4 is 15.4 Å². The predicted molar refractivity (Wildman–Crippen MR) is 88.3 cm³/mol. The maximum atomic E-state index is 11.6. The standard InChI is InChI=1S/C18H21N3O2/c1-18-7-4-16(22)21-17(18)20-9-6-15(18)23-14-3-2-12-5-8-19-11-13(12)10-14/h2-3,6,9-10,15,19H,4-5,7-8,11H2,1H3,(H,20,21,22). The summed E-state index contributed by atoms with van der Waals surface area (Å²) < 4.78 is 6.28. The van der Waals surface area contributed by atoms with Gasteiger partial charge in [0.05, 0.1) is 5.41 Å². The molecule has 120 valence electrons. The Morgan fingerprint density at radius 1 is 1.30 bits per heavy atom. The second-order valence-corrected chi connectivity index (χ2v) is 6.68. The zero-order valence-electron chi connectivity index (χ0n) is 13.3. The van der Waals surface area contributed by atoms with Gasteiger partial charge in [-0.15, -0.1) is 0 Å². The number of ether oxygens (including phenoxy) is 1. The van der Waals surface area contributed by atoms with Crippen LogP contribution in [0.2, 0.25) is 0 Å². The van der Waals surface area contributed by atoms with Crippen molar-refractivity contribution in [1.29, 1.82) is 0 Å². The molecule has 3 aliphatic heterocycles. The third-order valence-corrected chi connectivity index (χ3v) is 5.09. The van der Waals surface area contributed by atoms with Crippen LogP contribution in [-0.2, 0) is 17.8 Å². The molecule has 1 aromatic carbocycles. The SMILES string of the molecule is CC12CCC(=O)NC1=NC=CC2Oc1ccc2c(c1)CNCC2. The minimum Gasteiger partial charge on any atom is -0.485 e. The third-order valence-electron chi connectivity index (χ3n) is 5.09. The summed E-state index contributed by atoms with van der Waals surface area (Å²) in [6.07, 6.45) is 5.92. The highest BCUT2D eigenvalue weighted by Crippen LogP contribution is 2.37. The maximum absolute atomic E-state index is 11.6. The molecule has 1 aromatic rings. The van der Waals surface area contributed by atoms with Gasteiger partial charge in [-0.1, -0.05) is 6.07 Å². The molecule has 2 unspecified atom stereocenters. The Balaban J connectivity index is 1.58. The fraction of sp³-hybridized carbons (Fsp3) is 0.444. The number of benzene rings is 1. The van der Waals surface area contributed by atoms with Gasteiger partial charge in [0.25, 0.3) is 0 Å². The van der Waals surface area contributed by atoms with Gasteiger partial charge >= 0.3 is 0 Å². The first-order chi connectivity index (χ1) is 11.1. The number of amidine groups is 1. The molecule has 2 atom stereocenters. The van der Waals surface area contributed by atoms with E-state index in [1.165, 1.54) is 11.1 Å². The lowest BCUT2D eigenvalue weighted by atomic mass is 9.75. The Morgan fingerprint density at radius 2 is 2.22 bits per heavy atom. The average molecular weight is 311 g/mol. The van der Waals surface area contributed by atoms with E-state index in [1.54, 1.807) is 6.20 Å². The van der Waals surface area contributed by atoms with Crippen molar-refractivity contribution in [3.63, 3.8) is 0 Å². The van der Waals surface area contributed by atoms with Crippen LogP contribution in [0.3, 0.4) is 0 Å². The van der Waals surface area contributed by atoms with Crippen molar-refractivity contribution in [2.75, 3.05) is 6.54 Å². The zero-order chi connectivity index (χ0) is 15.9. The van der Waals surface area contributed by atoms with E-state index in [-0.39, 0.29) is 17.4 Å². The van der Waals surface area contributed by atoms with Gasteiger partial charge in [0.15, 0.2) is 0 Å². The van der Waals surface area contributed by atoms with Crippen LogP contribution in [0.1, 0.15) is 30.9 Å². The highest BCUT2D eigenvalue weighted by Gasteiger charge is 2.44. The van der Waals surface area contributed by atoms with Gasteiger partial charge in [-0.25, -0.2) is 4.99 Å². The summed E-state index contributed by atoms with van der Waals surface area (Å²) in [7, 11) is 0. The van der Waals surface area contributed by atoms with E-state index in [2.05, 4.69) is 34.7 Å². The quantitative estimate of drug-likeness (QED) is 0.877. The lowest BCUT2D eigenvalue weighted by Gasteiger charge is -2.41. The maximum Gasteiger partial charge on any atom is 0.225 e. The molecule has 5 nitrogen and oxygen atoms in total. The van der Waals surface area contributed by atoms with Gasteiger partial charge in [0.2, 0.25) is 5.91 Å². The fourth-order valence-corrected chi connectivity index (χ4v) is 3.54. The number of hydrogen-bond donors (Lipinski definition) is 2. The molecule has 0 spiro atoms. The van der Waals surface area contributed by atoms with Gasteiger partial charge in [0, 0.05) is 19.2 Å². The topological polar surface area (TPSA) is 62.7 Å². The van der Waals surface area contributed by atoms with Crippen molar-refractivity contribution in [3.05, 3.63) is 41.6 Å². The summed E-state index contributed by atoms with van der Waals surface area (Å²) in [6.45, 7) is 4.04. The first-order valence-corrected chi connectivity index (χ1v) is 8.19. The molecule has 5 heteroatoms. The molecule has 1 saturated heterocycles. The molecule has 3 aliphatic rings. The molecular weight excluding hydrogens is 290 g/mol. The van der Waals surface area contributed by atoms with Crippen molar-refractivity contribution in [1.82, 2.24) is 10.6 Å². The number of piperidine rings is 1. The minimum absolute atomic E-state index is 0.0372. The Bertz CT molecular complexity index is 710. The summed E-state index contributed by atoms with van der Waals surface area (Å²) in [5.41, 5.74) is 2.43. The van der Waals surface area contributed by atoms with Crippen molar-refractivity contribution >= 4 is 11.7 Å². The smallest absolute Gasteiger partial charge is 0.225 e. The van der Waals surface area contributed by atoms with E-state index in [0.717, 1.165) is 37.5 Å². The van der Waals surface area contributed by atoms with Crippen LogP contribution >= 0.6 is 0 Å². The van der Waals surface area contributed by atoms with Crippen LogP contribution in [0.25, 0.3) is 0 Å². The Kier molecular flexibility index (Phi) is 3.45. The number of hydrogen-bond acceptors (Lipinski definition) is 4. The molecule has 0 aromatic heterocycles. The predicted octanol–water partition coefficient (Wildman–Crippen LogP) is 1.92. The van der Waals surface area contributed by atoms with Crippen LogP contribution in [0, 0.1) is 5.41 Å². The van der Waals surface area contributed by atoms with Crippen molar-refractivity contribution in [2.45, 2.75) is 38.8 Å². The second-order valence-electron chi connectivity index (χ2n) is 6.68. The van der Waals surface area contributed by atoms with Gasteiger partial charge in [-0.3, -0.25) is 4.79 Å². The van der Waals surface area contributed by atoms with E-state index in [1.807, 2.05) is 12.1 Å². The molecule has 3 heterocycles. The molecular formula is C18H21N3O2. The molecule has 0 radical (unpaired) electrons. The molecule has 0 bridgehead atoms. The molecule has 4 rings (SSSR count). The highest BCUT2D eigenvalue weighted by molar-refractivity contribution is 6.04. The lowest BCUT2D eigenvalue weighted by Crippen LogP contribution is -2.55. The van der Waals surface area contributed by atoms with E-state index in [9.17, 15) is 4.79 Å². The zero-order valence-corrected chi connectivity index (χ0v) is 13.3. The summed E-state index contributed by atoms with van der Waals surface area (Å²) in [5, 5.41) is 6.29. The Morgan fingerprint density at radius 3 is 3.13 bits per heavy atom. The van der Waals surface area contributed by atoms with Gasteiger partial charge in [-0.05, 0) is 55.6 Å². The van der Waals surface area contributed by atoms with Crippen molar-refractivity contribution in [2.24, 2.45) is 10.4 Å². The van der Waals surface area contributed by atoms with Gasteiger partial charge < -0.3 is 15.4 Å². The average Bonchev–Trinajstić information content (AvgIpc) is 2.56. The van der Waals surface area contributed by atoms with Gasteiger partial charge in [0.1, 0.15) is 17.7 Å². The third kappa shape index (κ3) is 2.55. The number of carbonyl (C=O) groups is 1. The molecule has 1 amide bonds. The summed E-state index contributed by atoms with van der Waals surface area (Å²) in [5.74, 6) is 1.64. The van der Waals surface area contributed by atoms with Gasteiger partial charge in [-0.2, -0.15) is 0 Å². The number of aliphatic imine (C=N–C) groups is 1. The number of nitrogens with one attached hydrogen (secondary N) is 2. The molecule has 23 heavy (non-hydrogen) atoms. The van der Waals surface area contributed by atoms with E-state index in [4.69, 9.17) is 4.74 Å². The largest absolute Gasteiger partial charge is 0.485 e. The van der Waals surface area contributed by atoms with Crippen LogP contribution in [0.5, 0.6) is 5.75 Å². The van der Waals surface area contributed by atoms with Crippen LogP contribution in [0.4, 0.5) is 0 Å². The summed E-state index contributed by atoms with van der Waals surface area (Å²) in [6, 6.07) is 6.34. The Labute approximate surface area is 135 Å². The number of amides is 1. The van der Waals surface area contributed by atoms with E-state index in [0.29, 0.717) is 6.42 Å². The summed E-state index contributed by atoms with van der Waals surface area (Å²) in [4.78, 5) is 16.0. The van der Waals surface area contributed by atoms with Crippen LogP contribution in [0.15, 0.2) is 35.5 Å². The second kappa shape index (κ2) is 5.49. The van der Waals surface area contributed by atoms with Crippen LogP contribution in [-0.4, -0.2) is 24.4 Å². The lowest BCUT2D eigenvalue weighted by molar-refractivity contribution is -0.121. The van der Waals surface area contributed by atoms with E-state index >= 15 is 0 Å². The highest BCUT2D eigenvalue weighted by atomic mass is 16.5. The molecule has 2 N–H and O–H groups in total. The first kappa shape index (κ1) is 14.5. The Hall–Kier alpha value is -2.14. The molecule has 0 saturated carbocycles. The summed E-state index contributed by atoms with van der Waals surface area (Å²) >= 11 is 0. The minimum atomic E-state index is -0.281. The number of nitrogens with zero attached hydrogens (tertiary/aromatic N) is 1.